The molecule has 20 heteroatoms. The predicted molar refractivity (Wildman–Crippen MR) is 227 cm³/mol. The minimum atomic E-state index is -4.64. The van der Waals surface area contributed by atoms with E-state index in [-0.39, 0.29) is 58.6 Å². The first kappa shape index (κ1) is 46.8. The zero-order chi connectivity index (χ0) is 45.5. The Morgan fingerprint density at radius 3 is 1.47 bits per heavy atom. The molecule has 5 aromatic rings. The number of sulfone groups is 2. The van der Waals surface area contributed by atoms with Crippen LogP contribution in [0.2, 0.25) is 0 Å². The molecular weight excluding hydrogens is 998 g/mol. The van der Waals surface area contributed by atoms with E-state index in [0.717, 1.165) is 99.7 Å². The molecule has 3 heterocycles. The quantitative estimate of drug-likeness (QED) is 0.106. The van der Waals surface area contributed by atoms with Crippen molar-refractivity contribution in [2.75, 3.05) is 12.5 Å². The average molecular weight is 1030 g/mol. The molecule has 2 aliphatic heterocycles. The van der Waals surface area contributed by atoms with Crippen molar-refractivity contribution in [2.24, 2.45) is 0 Å². The van der Waals surface area contributed by atoms with Gasteiger partial charge in [0, 0.05) is 42.3 Å². The molecule has 0 bridgehead atoms. The van der Waals surface area contributed by atoms with Crippen molar-refractivity contribution in [1.29, 1.82) is 0 Å². The van der Waals surface area contributed by atoms with Crippen LogP contribution in [0.5, 0.6) is 11.5 Å². The van der Waals surface area contributed by atoms with Crippen LogP contribution in [0.1, 0.15) is 56.8 Å². The van der Waals surface area contributed by atoms with E-state index in [4.69, 9.17) is 9.47 Å². The van der Waals surface area contributed by atoms with Crippen LogP contribution in [0.3, 0.4) is 0 Å². The molecule has 0 spiro atoms. The molecule has 1 unspecified atom stereocenters. The number of fused-ring (bicyclic) bond motifs is 2. The highest BCUT2D eigenvalue weighted by Crippen LogP contribution is 2.35. The number of benzene rings is 4. The van der Waals surface area contributed by atoms with E-state index in [0.29, 0.717) is 0 Å². The maximum absolute atomic E-state index is 13.3. The summed E-state index contributed by atoms with van der Waals surface area (Å²) in [6, 6.07) is 20.2. The van der Waals surface area contributed by atoms with Crippen molar-refractivity contribution >= 4 is 65.4 Å². The highest BCUT2D eigenvalue weighted by molar-refractivity contribution is 14.1. The molecule has 1 aromatic heterocycles. The third-order valence-corrected chi connectivity index (χ3v) is 13.6. The van der Waals surface area contributed by atoms with Crippen molar-refractivity contribution in [1.82, 2.24) is 9.80 Å². The van der Waals surface area contributed by atoms with Gasteiger partial charge in [0.2, 0.25) is 0 Å². The van der Waals surface area contributed by atoms with Gasteiger partial charge < -0.3 is 19.3 Å². The Bertz CT molecular complexity index is 2740. The molecule has 0 aliphatic carbocycles. The summed E-state index contributed by atoms with van der Waals surface area (Å²) in [5, 5.41) is 3.98. The molecule has 62 heavy (non-hydrogen) atoms. The fraction of sp³-hybridized carbons (Fsp3) is 0.286. The van der Waals surface area contributed by atoms with E-state index in [1.54, 1.807) is 11.3 Å². The van der Waals surface area contributed by atoms with Crippen LogP contribution in [-0.4, -0.2) is 75.5 Å². The summed E-state index contributed by atoms with van der Waals surface area (Å²) in [6.45, 7) is 2.73. The van der Waals surface area contributed by atoms with Gasteiger partial charge in [-0.3, -0.25) is 9.59 Å². The summed E-state index contributed by atoms with van der Waals surface area (Å²) in [6.07, 6.45) is -11.7. The molecule has 330 valence electrons. The molecule has 0 saturated carbocycles. The summed E-state index contributed by atoms with van der Waals surface area (Å²) in [4.78, 5) is 29.0. The van der Waals surface area contributed by atoms with Gasteiger partial charge in [0.05, 0.1) is 20.9 Å². The van der Waals surface area contributed by atoms with Gasteiger partial charge in [0.15, 0.2) is 31.9 Å². The molecule has 10 nitrogen and oxygen atoms in total. The molecule has 4 aromatic carbocycles. The molecular formula is C42H37F6IN2O8S3. The standard InChI is InChI=1S/C23H20F3NO4S2.C19H17F3INO4S/c1-14(23(24,25)26)31-21-6-5-19(33(2,29)30)10-20(21)22(28)27-11-16-4-3-15(9-18(16)12-27)17-7-8-32-13-17;1-11(19(20,21)22)28-17-6-5-15(29(2,26)27)8-16(17)18(25)24-9-12-3-4-14(23)7-13(12)10-24/h3-10,13-14H,11-12H2,1-2H3;3-8,11H,9-10H2,1-2H3/t;11-/m.0/s1. The molecule has 0 saturated heterocycles. The lowest BCUT2D eigenvalue weighted by molar-refractivity contribution is -0.189. The fourth-order valence-corrected chi connectivity index (χ4v) is 9.04. The van der Waals surface area contributed by atoms with Crippen molar-refractivity contribution in [3.05, 3.63) is 127 Å². The fourth-order valence-electron chi connectivity index (χ4n) is 6.53. The largest absolute Gasteiger partial charge is 0.480 e. The summed E-state index contributed by atoms with van der Waals surface area (Å²) in [5.74, 6) is -1.81. The summed E-state index contributed by atoms with van der Waals surface area (Å²) in [7, 11) is -7.35. The average Bonchev–Trinajstić information content (AvgIpc) is 3.96. The van der Waals surface area contributed by atoms with E-state index in [2.05, 4.69) is 22.6 Å². The van der Waals surface area contributed by atoms with E-state index < -0.39 is 56.0 Å². The first-order chi connectivity index (χ1) is 28.8. The Labute approximate surface area is 371 Å². The van der Waals surface area contributed by atoms with Gasteiger partial charge in [-0.2, -0.15) is 37.7 Å². The van der Waals surface area contributed by atoms with Crippen molar-refractivity contribution in [2.45, 2.75) is 74.4 Å². The highest BCUT2D eigenvalue weighted by atomic mass is 127. The van der Waals surface area contributed by atoms with Crippen molar-refractivity contribution < 1.29 is 62.2 Å². The van der Waals surface area contributed by atoms with E-state index in [1.807, 2.05) is 53.2 Å². The van der Waals surface area contributed by atoms with E-state index >= 15 is 0 Å². The number of hydrogen-bond donors (Lipinski definition) is 0. The maximum atomic E-state index is 13.3. The van der Waals surface area contributed by atoms with Crippen molar-refractivity contribution in [3.8, 4) is 22.6 Å². The van der Waals surface area contributed by atoms with Gasteiger partial charge in [0.25, 0.3) is 11.8 Å². The molecule has 0 N–H and O–H groups in total. The topological polar surface area (TPSA) is 127 Å². The first-order valence-corrected chi connectivity index (χ1v) is 24.2. The Kier molecular flexibility index (Phi) is 13.5. The second kappa shape index (κ2) is 17.8. The van der Waals surface area contributed by atoms with Gasteiger partial charge in [0.1, 0.15) is 11.5 Å². The Morgan fingerprint density at radius 2 is 1.05 bits per heavy atom. The van der Waals surface area contributed by atoms with Gasteiger partial charge in [-0.1, -0.05) is 18.2 Å². The minimum absolute atomic E-state index is 0.167. The van der Waals surface area contributed by atoms with Gasteiger partial charge in [-0.05, 0) is 141 Å². The lowest BCUT2D eigenvalue weighted by atomic mass is 10.0. The van der Waals surface area contributed by atoms with Crippen LogP contribution in [0, 0.1) is 3.57 Å². The number of hydrogen-bond acceptors (Lipinski definition) is 9. The number of rotatable bonds is 9. The van der Waals surface area contributed by atoms with Crippen molar-refractivity contribution in [3.63, 3.8) is 0 Å². The number of halogens is 7. The Morgan fingerprint density at radius 1 is 0.613 bits per heavy atom. The minimum Gasteiger partial charge on any atom is -0.480 e. The van der Waals surface area contributed by atoms with Gasteiger partial charge in [-0.15, -0.1) is 0 Å². The van der Waals surface area contributed by atoms with Gasteiger partial charge in [-0.25, -0.2) is 16.8 Å². The third-order valence-electron chi connectivity index (χ3n) is 10.00. The second-order valence-corrected chi connectivity index (χ2v) is 20.8. The number of alkyl halides is 6. The molecule has 0 radical (unpaired) electrons. The third kappa shape index (κ3) is 10.9. The molecule has 7 rings (SSSR count). The number of ether oxygens (including phenoxy) is 2. The van der Waals surface area contributed by atoms with Crippen LogP contribution in [-0.2, 0) is 45.9 Å². The normalized spacial score (nSPS) is 15.0. The lowest BCUT2D eigenvalue weighted by Gasteiger charge is -2.22. The Hall–Kier alpha value is -4.67. The zero-order valence-corrected chi connectivity index (χ0v) is 37.8. The number of carbonyl (C=O) groups is 2. The smallest absolute Gasteiger partial charge is 0.425 e. The zero-order valence-electron chi connectivity index (χ0n) is 33.2. The van der Waals surface area contributed by atoms with Crippen LogP contribution in [0.15, 0.2) is 99.4 Å². The van der Waals surface area contributed by atoms with Crippen LogP contribution < -0.4 is 9.47 Å². The van der Waals surface area contributed by atoms with E-state index in [1.165, 1.54) is 9.80 Å². The maximum Gasteiger partial charge on any atom is 0.425 e. The highest BCUT2D eigenvalue weighted by Gasteiger charge is 2.40. The molecule has 0 fully saturated rings. The summed E-state index contributed by atoms with van der Waals surface area (Å²) < 4.78 is 137. The van der Waals surface area contributed by atoms with E-state index in [9.17, 15) is 52.8 Å². The van der Waals surface area contributed by atoms with Crippen LogP contribution >= 0.6 is 33.9 Å². The van der Waals surface area contributed by atoms with Crippen LogP contribution in [0.25, 0.3) is 11.1 Å². The number of thiophene rings is 1. The summed E-state index contributed by atoms with van der Waals surface area (Å²) >= 11 is 3.73. The monoisotopic (exact) mass is 1030 g/mol. The SMILES string of the molecule is CC(Oc1ccc(S(C)(=O)=O)cc1C(=O)N1Cc2ccc(-c3ccsc3)cc2C1)C(F)(F)F.C[C@H](Oc1ccc(S(C)(=O)=O)cc1C(=O)N1Cc2ccc(I)cc2C1)C(F)(F)F. The van der Waals surface area contributed by atoms with Crippen LogP contribution in [0.4, 0.5) is 26.3 Å². The number of amides is 2. The number of carbonyl (C=O) groups excluding carboxylic acids is 2. The summed E-state index contributed by atoms with van der Waals surface area (Å²) in [5.41, 5.74) is 5.35. The molecule has 2 atom stereocenters. The molecule has 2 aliphatic rings. The first-order valence-electron chi connectivity index (χ1n) is 18.4. The Balaban J connectivity index is 0.000000209. The number of nitrogens with zero attached hydrogens (tertiary/aromatic N) is 2. The molecule has 2 amide bonds. The predicted octanol–water partition coefficient (Wildman–Crippen LogP) is 9.48. The van der Waals surface area contributed by atoms with Gasteiger partial charge >= 0.3 is 12.4 Å². The second-order valence-electron chi connectivity index (χ2n) is 14.7. The lowest BCUT2D eigenvalue weighted by Crippen LogP contribution is -2.32.